The standard InChI is InChI=1S/C6H15O2P.C5H11O3P.C5H13O3P.2C5H13O2P.C4H11O2P.2CH4/c1-5-8-9(4,7)6(2)3;1-2-9(6)7-4-3-5-8-9;1-4-8-9(3,7)5(2)6;2*1-4-7-8(3,6)5-2;1-4-7(3,5)6-2;;/h6H,5H2,1-4H3;2-5H2,1H3;5-6H,4H2,1-3H3;2*4-5H2,1-3H3;4H2,1-3H3;2*1H4. The largest absolute Gasteiger partial charge is 0.383 e. The minimum atomic E-state index is -2.71. The van der Waals surface area contributed by atoms with Gasteiger partial charge in [-0.3, -0.25) is 27.4 Å². The third-order valence-corrected chi connectivity index (χ3v) is 19.1. The molecule has 1 aliphatic rings. The first kappa shape index (κ1) is 67.8. The minimum Gasteiger partial charge on any atom is -0.383 e. The zero-order valence-electron chi connectivity index (χ0n) is 34.4. The molecule has 326 valence electrons. The topological polar surface area (TPSA) is 187 Å². The van der Waals surface area contributed by atoms with Crippen LogP contribution in [0, 0.1) is 0 Å². The predicted molar refractivity (Wildman–Crippen MR) is 228 cm³/mol. The first-order chi connectivity index (χ1) is 22.6. The van der Waals surface area contributed by atoms with Crippen LogP contribution < -0.4 is 0 Å². The van der Waals surface area contributed by atoms with Gasteiger partial charge in [0.1, 0.15) is 5.85 Å². The highest BCUT2D eigenvalue weighted by molar-refractivity contribution is 7.59. The fourth-order valence-electron chi connectivity index (χ4n) is 2.31. The summed E-state index contributed by atoms with van der Waals surface area (Å²) in [6, 6.07) is 0. The molecule has 0 bridgehead atoms. The third kappa shape index (κ3) is 43.8. The fraction of sp³-hybridized carbons (Fsp3) is 1.00. The number of rotatable bonds is 15. The first-order valence-corrected chi connectivity index (χ1v) is 30.0. The van der Waals surface area contributed by atoms with Gasteiger partial charge >= 0.3 is 7.60 Å². The monoisotopic (exact) mass is 878 g/mol. The zero-order valence-corrected chi connectivity index (χ0v) is 39.7. The van der Waals surface area contributed by atoms with E-state index in [1.54, 1.807) is 33.6 Å². The molecule has 0 aromatic heterocycles. The van der Waals surface area contributed by atoms with Gasteiger partial charge in [0.15, 0.2) is 22.1 Å². The summed E-state index contributed by atoms with van der Waals surface area (Å²) in [4.78, 5) is 0. The van der Waals surface area contributed by atoms with E-state index in [2.05, 4.69) is 4.52 Å². The molecule has 0 amide bonds. The van der Waals surface area contributed by atoms with Gasteiger partial charge in [-0.1, -0.05) is 56.4 Å². The summed E-state index contributed by atoms with van der Waals surface area (Å²) in [6.07, 6.45) is 3.27. The van der Waals surface area contributed by atoms with E-state index in [9.17, 15) is 27.4 Å². The predicted octanol–water partition coefficient (Wildman–Crippen LogP) is 12.0. The molecule has 1 aliphatic heterocycles. The van der Waals surface area contributed by atoms with Crippen LogP contribution in [0.5, 0.6) is 0 Å². The van der Waals surface area contributed by atoms with Crippen molar-refractivity contribution in [3.8, 4) is 0 Å². The van der Waals surface area contributed by atoms with Crippen LogP contribution in [0.1, 0.15) is 97.4 Å². The fourth-order valence-corrected chi connectivity index (χ4v) is 6.82. The highest BCUT2D eigenvalue weighted by Crippen LogP contribution is 2.50. The maximum absolute atomic E-state index is 11.3. The second-order valence-corrected chi connectivity index (χ2v) is 28.5. The van der Waals surface area contributed by atoms with Gasteiger partial charge in [-0.05, 0) is 41.0 Å². The normalized spacial score (nSPS) is 19.2. The smallest absolute Gasteiger partial charge is 0.330 e. The van der Waals surface area contributed by atoms with E-state index in [1.807, 2.05) is 62.3 Å². The first-order valence-electron chi connectivity index (χ1n) is 17.2. The van der Waals surface area contributed by atoms with Gasteiger partial charge in [0.25, 0.3) is 0 Å². The molecule has 0 saturated carbocycles. The van der Waals surface area contributed by atoms with Crippen LogP contribution >= 0.6 is 44.4 Å². The van der Waals surface area contributed by atoms with Gasteiger partial charge in [-0.25, -0.2) is 0 Å². The molecule has 0 aromatic rings. The maximum atomic E-state index is 11.3. The average Bonchev–Trinajstić information content (AvgIpc) is 3.03. The third-order valence-electron chi connectivity index (χ3n) is 6.55. The van der Waals surface area contributed by atoms with Crippen molar-refractivity contribution in [1.82, 2.24) is 0 Å². The highest BCUT2D eigenvalue weighted by Gasteiger charge is 2.24. The molecule has 14 nitrogen and oxygen atoms in total. The van der Waals surface area contributed by atoms with Gasteiger partial charge in [-0.2, -0.15) is 0 Å². The summed E-state index contributed by atoms with van der Waals surface area (Å²) >= 11 is 0. The molecule has 0 aromatic carbocycles. The molecule has 1 fully saturated rings. The molecule has 6 atom stereocenters. The van der Waals surface area contributed by atoms with Gasteiger partial charge in [0.05, 0.1) is 39.6 Å². The van der Waals surface area contributed by atoms with Crippen molar-refractivity contribution in [1.29, 1.82) is 0 Å². The quantitative estimate of drug-likeness (QED) is 0.153. The van der Waals surface area contributed by atoms with E-state index >= 15 is 0 Å². The summed E-state index contributed by atoms with van der Waals surface area (Å²) < 4.78 is 100. The van der Waals surface area contributed by atoms with Crippen LogP contribution in [0.3, 0.4) is 0 Å². The summed E-state index contributed by atoms with van der Waals surface area (Å²) in [5, 5.41) is 8.82. The number of hydrogen-bond acceptors (Lipinski definition) is 14. The molecule has 52 heavy (non-hydrogen) atoms. The highest BCUT2D eigenvalue weighted by atomic mass is 31.2. The minimum absolute atomic E-state index is 0. The van der Waals surface area contributed by atoms with Crippen LogP contribution in [0.4, 0.5) is 0 Å². The van der Waals surface area contributed by atoms with Gasteiger partial charge < -0.3 is 36.8 Å². The Labute approximate surface area is 321 Å². The Morgan fingerprint density at radius 3 is 1.02 bits per heavy atom. The SMILES string of the molecule is C.C.CCOP(C)(=O)C(C)C.CCOP(C)(=O)C(C)O.CCOP(C)(=O)CC.CCOP(C)(=O)CC.CCP(C)(=O)OC.CCP1(=O)OCCCO1. The lowest BCUT2D eigenvalue weighted by molar-refractivity contribution is 0.147. The molecule has 0 spiro atoms. The van der Waals surface area contributed by atoms with Crippen molar-refractivity contribution in [3.63, 3.8) is 0 Å². The summed E-state index contributed by atoms with van der Waals surface area (Å²) in [5.74, 6) is -0.850. The molecule has 1 N–H and O–H groups in total. The van der Waals surface area contributed by atoms with E-state index in [4.69, 9.17) is 32.2 Å². The Morgan fingerprint density at radius 2 is 0.904 bits per heavy atom. The van der Waals surface area contributed by atoms with Crippen molar-refractivity contribution in [2.45, 2.75) is 109 Å². The number of hydrogen-bond donors (Lipinski definition) is 1. The van der Waals surface area contributed by atoms with Crippen LogP contribution in [-0.4, -0.2) is 121 Å². The molecular weight excluding hydrogens is 794 g/mol. The molecule has 6 unspecified atom stereocenters. The molecule has 0 aliphatic carbocycles. The molecule has 0 radical (unpaired) electrons. The summed E-state index contributed by atoms with van der Waals surface area (Å²) in [5.41, 5.74) is 0.150. The Hall–Kier alpha value is 1.06. The second kappa shape index (κ2) is 36.4. The summed E-state index contributed by atoms with van der Waals surface area (Å²) in [6.45, 7) is 31.3. The van der Waals surface area contributed by atoms with E-state index in [1.165, 1.54) is 20.7 Å². The Morgan fingerprint density at radius 1 is 0.596 bits per heavy atom. The van der Waals surface area contributed by atoms with E-state index < -0.39 is 50.3 Å². The van der Waals surface area contributed by atoms with E-state index in [-0.39, 0.29) is 20.5 Å². The van der Waals surface area contributed by atoms with E-state index in [0.717, 1.165) is 6.42 Å². The van der Waals surface area contributed by atoms with Gasteiger partial charge in [0.2, 0.25) is 14.7 Å². The molecule has 1 rings (SSSR count). The lowest BCUT2D eigenvalue weighted by Gasteiger charge is -2.21. The van der Waals surface area contributed by atoms with E-state index in [0.29, 0.717) is 64.3 Å². The van der Waals surface area contributed by atoms with Crippen molar-refractivity contribution in [2.75, 3.05) is 105 Å². The van der Waals surface area contributed by atoms with Crippen LogP contribution in [0.2, 0.25) is 0 Å². The number of aliphatic hydroxyl groups excluding tert-OH is 1. The van der Waals surface area contributed by atoms with Crippen LogP contribution in [-0.2, 0) is 59.1 Å². The Balaban J connectivity index is -0.0000000930. The van der Waals surface area contributed by atoms with Gasteiger partial charge in [-0.15, -0.1) is 0 Å². The van der Waals surface area contributed by atoms with Crippen molar-refractivity contribution >= 4 is 44.4 Å². The number of aliphatic hydroxyl groups is 1. The lowest BCUT2D eigenvalue weighted by Crippen LogP contribution is -2.08. The van der Waals surface area contributed by atoms with Crippen LogP contribution in [0.15, 0.2) is 0 Å². The van der Waals surface area contributed by atoms with Gasteiger partial charge in [0, 0.05) is 70.7 Å². The average molecular weight is 879 g/mol. The lowest BCUT2D eigenvalue weighted by atomic mass is 10.5. The molecule has 1 saturated heterocycles. The zero-order chi connectivity index (χ0) is 40.9. The maximum Gasteiger partial charge on any atom is 0.330 e. The van der Waals surface area contributed by atoms with Crippen LogP contribution in [0.25, 0.3) is 0 Å². The summed E-state index contributed by atoms with van der Waals surface area (Å²) in [7, 11) is -12.6. The van der Waals surface area contributed by atoms with Crippen molar-refractivity contribution in [2.24, 2.45) is 0 Å². The van der Waals surface area contributed by atoms with Crippen molar-refractivity contribution in [3.05, 3.63) is 0 Å². The Kier molecular flexibility index (Phi) is 47.5. The Bertz CT molecular complexity index is 1020. The van der Waals surface area contributed by atoms with Crippen molar-refractivity contribution < 1.29 is 64.2 Å². The molecule has 1 heterocycles. The molecule has 20 heteroatoms. The second-order valence-electron chi connectivity index (χ2n) is 11.3. The molecular formula is C32H84O14P6.